The van der Waals surface area contributed by atoms with Crippen LogP contribution in [0.25, 0.3) is 10.9 Å². The van der Waals surface area contributed by atoms with Crippen LogP contribution in [-0.2, 0) is 4.74 Å². The number of fused-ring (bicyclic) bond motifs is 1. The molecule has 4 N–H and O–H groups in total. The van der Waals surface area contributed by atoms with Gasteiger partial charge in [0.05, 0.1) is 24.8 Å². The van der Waals surface area contributed by atoms with E-state index >= 15 is 0 Å². The summed E-state index contributed by atoms with van der Waals surface area (Å²) < 4.78 is 5.04. The third kappa shape index (κ3) is 2.69. The first-order valence-electron chi connectivity index (χ1n) is 5.75. The summed E-state index contributed by atoms with van der Waals surface area (Å²) in [5, 5.41) is 13.5. The van der Waals surface area contributed by atoms with Crippen molar-refractivity contribution in [3.8, 4) is 0 Å². The van der Waals surface area contributed by atoms with Crippen LogP contribution in [0.15, 0.2) is 30.5 Å². The lowest BCUT2D eigenvalue weighted by Gasteiger charge is -2.17. The lowest BCUT2D eigenvalue weighted by atomic mass is 10.1. The predicted molar refractivity (Wildman–Crippen MR) is 72.5 cm³/mol. The Hall–Kier alpha value is -1.85. The molecular weight excluding hydrogens is 230 g/mol. The van der Waals surface area contributed by atoms with Gasteiger partial charge in [0.1, 0.15) is 0 Å². The van der Waals surface area contributed by atoms with E-state index in [2.05, 4.69) is 10.3 Å². The Bertz CT molecular complexity index is 531. The fourth-order valence-electron chi connectivity index (χ4n) is 1.85. The molecule has 2 aromatic rings. The van der Waals surface area contributed by atoms with E-state index in [0.29, 0.717) is 12.3 Å². The minimum absolute atomic E-state index is 0.00658. The van der Waals surface area contributed by atoms with Gasteiger partial charge in [-0.3, -0.25) is 4.98 Å². The average Bonchev–Trinajstić information content (AvgIpc) is 2.38. The number of ether oxygens (including phenoxy) is 1. The maximum atomic E-state index is 9.26. The van der Waals surface area contributed by atoms with Crippen molar-refractivity contribution in [2.75, 3.05) is 31.4 Å². The summed E-state index contributed by atoms with van der Waals surface area (Å²) in [5.41, 5.74) is 8.15. The fourth-order valence-corrected chi connectivity index (χ4v) is 1.85. The van der Waals surface area contributed by atoms with E-state index in [4.69, 9.17) is 10.5 Å². The molecule has 0 saturated heterocycles. The highest BCUT2D eigenvalue weighted by Gasteiger charge is 2.09. The Labute approximate surface area is 106 Å². The van der Waals surface area contributed by atoms with Crippen molar-refractivity contribution in [2.24, 2.45) is 0 Å². The van der Waals surface area contributed by atoms with Gasteiger partial charge < -0.3 is 20.9 Å². The summed E-state index contributed by atoms with van der Waals surface area (Å²) in [7, 11) is 1.61. The van der Waals surface area contributed by atoms with Gasteiger partial charge in [-0.25, -0.2) is 0 Å². The smallest absolute Gasteiger partial charge is 0.0743 e. The zero-order chi connectivity index (χ0) is 13.0. The predicted octanol–water partition coefficient (Wildman–Crippen LogP) is 1.24. The van der Waals surface area contributed by atoms with Crippen molar-refractivity contribution in [2.45, 2.75) is 6.04 Å². The molecule has 0 aliphatic heterocycles. The van der Waals surface area contributed by atoms with Crippen molar-refractivity contribution in [1.82, 2.24) is 4.98 Å². The zero-order valence-electron chi connectivity index (χ0n) is 10.3. The minimum Gasteiger partial charge on any atom is -0.399 e. The van der Waals surface area contributed by atoms with Crippen LogP contribution in [0, 0.1) is 0 Å². The molecule has 5 heteroatoms. The zero-order valence-corrected chi connectivity index (χ0v) is 10.3. The van der Waals surface area contributed by atoms with E-state index in [1.165, 1.54) is 0 Å². The average molecular weight is 247 g/mol. The number of nitrogens with one attached hydrogen (secondary N) is 1. The Morgan fingerprint density at radius 1 is 1.44 bits per heavy atom. The van der Waals surface area contributed by atoms with Crippen LogP contribution in [-0.4, -0.2) is 36.5 Å². The number of nitrogen functional groups attached to an aromatic ring is 1. The second-order valence-electron chi connectivity index (χ2n) is 4.11. The van der Waals surface area contributed by atoms with E-state index < -0.39 is 0 Å². The Morgan fingerprint density at radius 3 is 3.00 bits per heavy atom. The SMILES string of the molecule is COCC(CO)Nc1ccnc2cc(N)ccc12. The lowest BCUT2D eigenvalue weighted by Crippen LogP contribution is -2.28. The molecule has 18 heavy (non-hydrogen) atoms. The van der Waals surface area contributed by atoms with Crippen LogP contribution in [0.5, 0.6) is 0 Å². The van der Waals surface area contributed by atoms with Crippen molar-refractivity contribution in [1.29, 1.82) is 0 Å². The topological polar surface area (TPSA) is 80.4 Å². The number of benzene rings is 1. The van der Waals surface area contributed by atoms with E-state index in [0.717, 1.165) is 16.6 Å². The second kappa shape index (κ2) is 5.66. The normalized spacial score (nSPS) is 12.6. The van der Waals surface area contributed by atoms with Gasteiger partial charge in [0.25, 0.3) is 0 Å². The molecule has 1 aromatic carbocycles. The Kier molecular flexibility index (Phi) is 3.96. The molecular formula is C13H17N3O2. The highest BCUT2D eigenvalue weighted by Crippen LogP contribution is 2.23. The number of aliphatic hydroxyl groups is 1. The lowest BCUT2D eigenvalue weighted by molar-refractivity contribution is 0.153. The third-order valence-corrected chi connectivity index (χ3v) is 2.71. The maximum Gasteiger partial charge on any atom is 0.0743 e. The van der Waals surface area contributed by atoms with Crippen LogP contribution in [0.3, 0.4) is 0 Å². The number of anilines is 2. The number of aromatic nitrogens is 1. The van der Waals surface area contributed by atoms with E-state index in [1.54, 1.807) is 13.3 Å². The molecule has 0 bridgehead atoms. The summed E-state index contributed by atoms with van der Waals surface area (Å²) in [4.78, 5) is 4.27. The highest BCUT2D eigenvalue weighted by molar-refractivity contribution is 5.92. The van der Waals surface area contributed by atoms with Gasteiger partial charge >= 0.3 is 0 Å². The van der Waals surface area contributed by atoms with E-state index in [1.807, 2.05) is 24.3 Å². The molecule has 0 aliphatic rings. The number of aliphatic hydroxyl groups excluding tert-OH is 1. The molecule has 1 unspecified atom stereocenters. The number of methoxy groups -OCH3 is 1. The van der Waals surface area contributed by atoms with Gasteiger partial charge in [-0.2, -0.15) is 0 Å². The Balaban J connectivity index is 2.32. The standard InChI is InChI=1S/C13H17N3O2/c1-18-8-10(7-17)16-12-4-5-15-13-6-9(14)2-3-11(12)13/h2-6,10,17H,7-8,14H2,1H3,(H,15,16). The van der Waals surface area contributed by atoms with Crippen LogP contribution >= 0.6 is 0 Å². The van der Waals surface area contributed by atoms with Gasteiger partial charge in [0, 0.05) is 30.1 Å². The molecule has 0 saturated carbocycles. The molecule has 5 nitrogen and oxygen atoms in total. The molecule has 0 radical (unpaired) electrons. The highest BCUT2D eigenvalue weighted by atomic mass is 16.5. The van der Waals surface area contributed by atoms with Crippen molar-refractivity contribution < 1.29 is 9.84 Å². The first kappa shape index (κ1) is 12.6. The molecule has 96 valence electrons. The number of nitrogens with two attached hydrogens (primary N) is 1. The monoisotopic (exact) mass is 247 g/mol. The number of rotatable bonds is 5. The van der Waals surface area contributed by atoms with E-state index in [9.17, 15) is 5.11 Å². The van der Waals surface area contributed by atoms with Crippen molar-refractivity contribution >= 4 is 22.3 Å². The summed E-state index contributed by atoms with van der Waals surface area (Å²) in [5.74, 6) is 0. The first-order valence-corrected chi connectivity index (χ1v) is 5.75. The van der Waals surface area contributed by atoms with Crippen molar-refractivity contribution in [3.05, 3.63) is 30.5 Å². The maximum absolute atomic E-state index is 9.26. The molecule has 0 aliphatic carbocycles. The Morgan fingerprint density at radius 2 is 2.28 bits per heavy atom. The summed E-state index contributed by atoms with van der Waals surface area (Å²) in [6.07, 6.45) is 1.71. The van der Waals surface area contributed by atoms with Crippen LogP contribution in [0.1, 0.15) is 0 Å². The quantitative estimate of drug-likeness (QED) is 0.693. The minimum atomic E-state index is -0.141. The number of hydrogen-bond donors (Lipinski definition) is 3. The van der Waals surface area contributed by atoms with E-state index in [-0.39, 0.29) is 12.6 Å². The second-order valence-corrected chi connectivity index (χ2v) is 4.11. The number of hydrogen-bond acceptors (Lipinski definition) is 5. The largest absolute Gasteiger partial charge is 0.399 e. The van der Waals surface area contributed by atoms with Crippen molar-refractivity contribution in [3.63, 3.8) is 0 Å². The first-order chi connectivity index (χ1) is 8.74. The molecule has 0 spiro atoms. The van der Waals surface area contributed by atoms with Gasteiger partial charge in [0.15, 0.2) is 0 Å². The molecule has 2 rings (SSSR count). The molecule has 1 heterocycles. The van der Waals surface area contributed by atoms with Gasteiger partial charge in [-0.15, -0.1) is 0 Å². The van der Waals surface area contributed by atoms with Crippen LogP contribution < -0.4 is 11.1 Å². The van der Waals surface area contributed by atoms with Gasteiger partial charge in [-0.1, -0.05) is 0 Å². The molecule has 1 atom stereocenters. The molecule has 0 amide bonds. The third-order valence-electron chi connectivity index (χ3n) is 2.71. The fraction of sp³-hybridized carbons (Fsp3) is 0.308. The molecule has 1 aromatic heterocycles. The van der Waals surface area contributed by atoms with Crippen LogP contribution in [0.2, 0.25) is 0 Å². The summed E-state index contributed by atoms with van der Waals surface area (Å²) >= 11 is 0. The number of nitrogens with zero attached hydrogens (tertiary/aromatic N) is 1. The van der Waals surface area contributed by atoms with Crippen LogP contribution in [0.4, 0.5) is 11.4 Å². The number of pyridine rings is 1. The summed E-state index contributed by atoms with van der Waals surface area (Å²) in [6.45, 7) is 0.446. The van der Waals surface area contributed by atoms with Gasteiger partial charge in [-0.05, 0) is 24.3 Å². The molecule has 0 fully saturated rings. The van der Waals surface area contributed by atoms with Gasteiger partial charge in [0.2, 0.25) is 0 Å². The summed E-state index contributed by atoms with van der Waals surface area (Å²) in [6, 6.07) is 7.31.